The van der Waals surface area contributed by atoms with E-state index in [1.807, 2.05) is 44.1 Å². The van der Waals surface area contributed by atoms with Crippen molar-refractivity contribution in [3.05, 3.63) is 39.7 Å². The largest absolute Gasteiger partial charge is 0.354 e. The molecule has 3 amide bonds. The first-order valence-corrected chi connectivity index (χ1v) is 11.5. The molecule has 0 radical (unpaired) electrons. The van der Waals surface area contributed by atoms with Crippen molar-refractivity contribution >= 4 is 66.6 Å². The van der Waals surface area contributed by atoms with Gasteiger partial charge in [0.15, 0.2) is 5.13 Å². The third-order valence-corrected chi connectivity index (χ3v) is 7.67. The van der Waals surface area contributed by atoms with Crippen molar-refractivity contribution in [2.45, 2.75) is 6.92 Å². The van der Waals surface area contributed by atoms with Gasteiger partial charge < -0.3 is 20.0 Å². The summed E-state index contributed by atoms with van der Waals surface area (Å²) < 4.78 is 1.03. The summed E-state index contributed by atoms with van der Waals surface area (Å²) in [5.41, 5.74) is 1.63. The van der Waals surface area contributed by atoms with Crippen LogP contribution in [0.2, 0.25) is 5.02 Å². The maximum Gasteiger partial charge on any atom is 0.321 e. The number of aryl methyl sites for hydroxylation is 1. The Labute approximate surface area is 187 Å². The van der Waals surface area contributed by atoms with Crippen LogP contribution >= 0.6 is 34.3 Å². The minimum Gasteiger partial charge on any atom is -0.354 e. The van der Waals surface area contributed by atoms with E-state index < -0.39 is 0 Å². The lowest BCUT2D eigenvalue weighted by atomic mass is 10.2. The molecule has 0 unspecified atom stereocenters. The molecule has 1 aliphatic rings. The molecule has 7 nitrogen and oxygen atoms in total. The van der Waals surface area contributed by atoms with E-state index >= 15 is 0 Å². The molecule has 1 fully saturated rings. The maximum absolute atomic E-state index is 12.9. The summed E-state index contributed by atoms with van der Waals surface area (Å²) in [6.07, 6.45) is 0. The third-order valence-electron chi connectivity index (χ3n) is 4.95. The summed E-state index contributed by atoms with van der Waals surface area (Å²) in [6.45, 7) is 3.89. The van der Waals surface area contributed by atoms with Crippen LogP contribution in [0, 0.1) is 6.92 Å². The van der Waals surface area contributed by atoms with Gasteiger partial charge in [0.25, 0.3) is 5.91 Å². The topological polar surface area (TPSA) is 68.8 Å². The first kappa shape index (κ1) is 20.9. The number of carbonyl (C=O) groups is 2. The summed E-state index contributed by atoms with van der Waals surface area (Å²) >= 11 is 9.13. The number of carbonyl (C=O) groups excluding carboxylic acids is 2. The number of aromatic nitrogens is 1. The number of urea groups is 1. The van der Waals surface area contributed by atoms with Gasteiger partial charge in [0.2, 0.25) is 0 Å². The van der Waals surface area contributed by atoms with Crippen LogP contribution in [-0.4, -0.2) is 67.0 Å². The van der Waals surface area contributed by atoms with E-state index in [1.165, 1.54) is 11.3 Å². The van der Waals surface area contributed by atoms with E-state index in [-0.39, 0.29) is 11.9 Å². The van der Waals surface area contributed by atoms with Crippen molar-refractivity contribution < 1.29 is 9.59 Å². The van der Waals surface area contributed by atoms with E-state index in [0.717, 1.165) is 20.2 Å². The zero-order valence-corrected chi connectivity index (χ0v) is 19.3. The van der Waals surface area contributed by atoms with Gasteiger partial charge in [0.05, 0.1) is 9.58 Å². The summed E-state index contributed by atoms with van der Waals surface area (Å²) in [7, 11) is 3.91. The van der Waals surface area contributed by atoms with Crippen LogP contribution in [0.1, 0.15) is 15.2 Å². The average molecular weight is 464 g/mol. The number of benzene rings is 1. The van der Waals surface area contributed by atoms with Gasteiger partial charge in [0, 0.05) is 51.0 Å². The molecule has 10 heteroatoms. The first-order valence-electron chi connectivity index (χ1n) is 9.51. The molecule has 1 N–H and O–H groups in total. The van der Waals surface area contributed by atoms with Crippen LogP contribution in [0.25, 0.3) is 9.53 Å². The number of hydrogen-bond acceptors (Lipinski definition) is 6. The van der Waals surface area contributed by atoms with E-state index in [2.05, 4.69) is 10.3 Å². The SMILES string of the molecule is Cc1ccc(NC(=O)N2CCN(C(=O)c3cc4sc(N(C)C)nc4s3)CC2)cc1Cl. The molecule has 3 heterocycles. The van der Waals surface area contributed by atoms with E-state index in [1.54, 1.807) is 27.2 Å². The normalized spacial score (nSPS) is 14.3. The molecule has 2 aromatic heterocycles. The highest BCUT2D eigenvalue weighted by Crippen LogP contribution is 2.34. The Morgan fingerprint density at radius 3 is 2.43 bits per heavy atom. The average Bonchev–Trinajstić information content (AvgIpc) is 3.30. The highest BCUT2D eigenvalue weighted by Gasteiger charge is 2.26. The molecule has 1 saturated heterocycles. The fraction of sp³-hybridized carbons (Fsp3) is 0.350. The molecular formula is C20H22ClN5O2S2. The molecule has 3 aromatic rings. The van der Waals surface area contributed by atoms with Gasteiger partial charge in [-0.1, -0.05) is 29.0 Å². The number of anilines is 2. The predicted molar refractivity (Wildman–Crippen MR) is 125 cm³/mol. The van der Waals surface area contributed by atoms with E-state index in [0.29, 0.717) is 41.8 Å². The monoisotopic (exact) mass is 463 g/mol. The van der Waals surface area contributed by atoms with Crippen molar-refractivity contribution in [1.82, 2.24) is 14.8 Å². The standard InChI is InChI=1S/C20H22ClN5O2S2/c1-12-4-5-13(10-14(12)21)22-19(28)26-8-6-25(7-9-26)18(27)16-11-15-17(29-16)23-20(30-15)24(2)3/h4-5,10-11H,6-9H2,1-3H3,(H,22,28). The number of halogens is 1. The zero-order valence-electron chi connectivity index (χ0n) is 16.9. The molecular weight excluding hydrogens is 442 g/mol. The van der Waals surface area contributed by atoms with Crippen LogP contribution < -0.4 is 10.2 Å². The van der Waals surface area contributed by atoms with Crippen molar-refractivity contribution in [2.24, 2.45) is 0 Å². The van der Waals surface area contributed by atoms with Crippen LogP contribution in [0.3, 0.4) is 0 Å². The summed E-state index contributed by atoms with van der Waals surface area (Å²) in [4.78, 5) is 37.1. The van der Waals surface area contributed by atoms with Crippen LogP contribution in [0.5, 0.6) is 0 Å². The molecule has 1 aromatic carbocycles. The first-order chi connectivity index (χ1) is 14.3. The maximum atomic E-state index is 12.9. The van der Waals surface area contributed by atoms with Gasteiger partial charge in [-0.05, 0) is 30.7 Å². The number of thiazole rings is 1. The molecule has 1 aliphatic heterocycles. The number of rotatable bonds is 3. The Morgan fingerprint density at radius 1 is 1.10 bits per heavy atom. The Morgan fingerprint density at radius 2 is 1.80 bits per heavy atom. The zero-order chi connectivity index (χ0) is 21.4. The second-order valence-corrected chi connectivity index (χ2v) is 9.79. The molecule has 0 bridgehead atoms. The molecule has 0 saturated carbocycles. The summed E-state index contributed by atoms with van der Waals surface area (Å²) in [5.74, 6) is 0.00183. The van der Waals surface area contributed by atoms with E-state index in [9.17, 15) is 9.59 Å². The lowest BCUT2D eigenvalue weighted by molar-refractivity contribution is 0.0676. The summed E-state index contributed by atoms with van der Waals surface area (Å²) in [6, 6.07) is 7.19. The minimum absolute atomic E-state index is 0.00183. The number of nitrogens with one attached hydrogen (secondary N) is 1. The molecule has 158 valence electrons. The molecule has 0 atom stereocenters. The molecule has 30 heavy (non-hydrogen) atoms. The second kappa shape index (κ2) is 8.41. The van der Waals surface area contributed by atoms with Crippen molar-refractivity contribution in [2.75, 3.05) is 50.5 Å². The Kier molecular flexibility index (Phi) is 5.86. The quantitative estimate of drug-likeness (QED) is 0.626. The fourth-order valence-corrected chi connectivity index (χ4v) is 5.44. The van der Waals surface area contributed by atoms with Crippen LogP contribution in [0.15, 0.2) is 24.3 Å². The van der Waals surface area contributed by atoms with Crippen LogP contribution in [-0.2, 0) is 0 Å². The number of amides is 3. The highest BCUT2D eigenvalue weighted by molar-refractivity contribution is 7.29. The Hall–Kier alpha value is -2.36. The van der Waals surface area contributed by atoms with Gasteiger partial charge in [0.1, 0.15) is 4.83 Å². The molecule has 0 spiro atoms. The smallest absolute Gasteiger partial charge is 0.321 e. The fourth-order valence-electron chi connectivity index (χ4n) is 3.16. The highest BCUT2D eigenvalue weighted by atomic mass is 35.5. The lowest BCUT2D eigenvalue weighted by Crippen LogP contribution is -2.51. The van der Waals surface area contributed by atoms with Gasteiger partial charge >= 0.3 is 6.03 Å². The second-order valence-electron chi connectivity index (χ2n) is 7.34. The molecule has 0 aliphatic carbocycles. The Balaban J connectivity index is 1.35. The summed E-state index contributed by atoms with van der Waals surface area (Å²) in [5, 5.41) is 4.43. The van der Waals surface area contributed by atoms with Gasteiger partial charge in [-0.25, -0.2) is 9.78 Å². The van der Waals surface area contributed by atoms with Gasteiger partial charge in [-0.15, -0.1) is 11.3 Å². The number of fused-ring (bicyclic) bond motifs is 1. The minimum atomic E-state index is -0.181. The van der Waals surface area contributed by atoms with Gasteiger partial charge in [-0.3, -0.25) is 4.79 Å². The van der Waals surface area contributed by atoms with Crippen LogP contribution in [0.4, 0.5) is 15.6 Å². The number of thiophene rings is 1. The molecule has 4 rings (SSSR count). The van der Waals surface area contributed by atoms with Crippen molar-refractivity contribution in [1.29, 1.82) is 0 Å². The van der Waals surface area contributed by atoms with Gasteiger partial charge in [-0.2, -0.15) is 0 Å². The third kappa shape index (κ3) is 4.23. The van der Waals surface area contributed by atoms with E-state index in [4.69, 9.17) is 11.6 Å². The number of piperazine rings is 1. The number of nitrogens with zero attached hydrogens (tertiary/aromatic N) is 4. The van der Waals surface area contributed by atoms with Crippen molar-refractivity contribution in [3.63, 3.8) is 0 Å². The number of hydrogen-bond donors (Lipinski definition) is 1. The Bertz CT molecular complexity index is 1070. The van der Waals surface area contributed by atoms with Crippen molar-refractivity contribution in [3.8, 4) is 0 Å². The lowest BCUT2D eigenvalue weighted by Gasteiger charge is -2.34. The predicted octanol–water partition coefficient (Wildman–Crippen LogP) is 4.38.